The molecule has 0 aliphatic carbocycles. The minimum Gasteiger partial charge on any atom is -0.508 e. The van der Waals surface area contributed by atoms with Crippen LogP contribution in [0.4, 0.5) is 5.69 Å². The fourth-order valence-electron chi connectivity index (χ4n) is 3.75. The lowest BCUT2D eigenvalue weighted by Crippen LogP contribution is -1.87. The van der Waals surface area contributed by atoms with Gasteiger partial charge in [0.25, 0.3) is 5.69 Å². The molecule has 0 radical (unpaired) electrons. The minimum absolute atomic E-state index is 0.0714. The standard InChI is InChI=1S/C27H19N3O3/c31-24-16-12-22(13-17-24)27-28-25(20-4-2-1-3-5-20)26(29-27)21-8-6-18(7-9-21)19-10-14-23(15-11-19)30(32)33/h1-17,31H,(H,28,29). The Labute approximate surface area is 190 Å². The number of H-pyrrole nitrogens is 1. The van der Waals surface area contributed by atoms with E-state index in [1.807, 2.05) is 66.7 Å². The lowest BCUT2D eigenvalue weighted by molar-refractivity contribution is -0.384. The molecule has 0 aliphatic rings. The Morgan fingerprint density at radius 3 is 1.82 bits per heavy atom. The van der Waals surface area contributed by atoms with Gasteiger partial charge in [-0.25, -0.2) is 4.98 Å². The molecule has 4 aromatic carbocycles. The molecule has 6 heteroatoms. The summed E-state index contributed by atoms with van der Waals surface area (Å²) in [4.78, 5) is 18.8. The molecule has 1 heterocycles. The van der Waals surface area contributed by atoms with E-state index in [0.29, 0.717) is 5.82 Å². The zero-order valence-electron chi connectivity index (χ0n) is 17.5. The van der Waals surface area contributed by atoms with E-state index in [0.717, 1.165) is 39.2 Å². The van der Waals surface area contributed by atoms with Crippen LogP contribution >= 0.6 is 0 Å². The maximum Gasteiger partial charge on any atom is 0.269 e. The van der Waals surface area contributed by atoms with E-state index in [9.17, 15) is 15.2 Å². The molecule has 0 amide bonds. The third-order valence-corrected chi connectivity index (χ3v) is 5.48. The van der Waals surface area contributed by atoms with Gasteiger partial charge in [-0.1, -0.05) is 54.6 Å². The van der Waals surface area contributed by atoms with Crippen LogP contribution in [0.25, 0.3) is 45.0 Å². The fraction of sp³-hybridized carbons (Fsp3) is 0. The molecule has 0 unspecified atom stereocenters. The molecule has 0 spiro atoms. The van der Waals surface area contributed by atoms with E-state index in [1.54, 1.807) is 24.3 Å². The highest BCUT2D eigenvalue weighted by Crippen LogP contribution is 2.34. The van der Waals surface area contributed by atoms with Gasteiger partial charge in [0, 0.05) is 28.8 Å². The van der Waals surface area contributed by atoms with E-state index < -0.39 is 4.92 Å². The van der Waals surface area contributed by atoms with Crippen molar-refractivity contribution in [1.82, 2.24) is 9.97 Å². The third-order valence-electron chi connectivity index (χ3n) is 5.48. The molecule has 0 bridgehead atoms. The van der Waals surface area contributed by atoms with E-state index >= 15 is 0 Å². The molecule has 0 atom stereocenters. The number of hydrogen-bond donors (Lipinski definition) is 2. The van der Waals surface area contributed by atoms with Gasteiger partial charge in [-0.3, -0.25) is 10.1 Å². The van der Waals surface area contributed by atoms with Crippen molar-refractivity contribution in [3.8, 4) is 50.8 Å². The zero-order chi connectivity index (χ0) is 22.8. The number of phenolic OH excluding ortho intramolecular Hbond substituents is 1. The Morgan fingerprint density at radius 2 is 1.21 bits per heavy atom. The lowest BCUT2D eigenvalue weighted by atomic mass is 10.0. The molecular formula is C27H19N3O3. The first-order chi connectivity index (χ1) is 16.1. The summed E-state index contributed by atoms with van der Waals surface area (Å²) in [6.45, 7) is 0. The van der Waals surface area contributed by atoms with Gasteiger partial charge in [-0.15, -0.1) is 0 Å². The van der Waals surface area contributed by atoms with Gasteiger partial charge in [-0.05, 0) is 47.5 Å². The van der Waals surface area contributed by atoms with Crippen molar-refractivity contribution < 1.29 is 10.0 Å². The topological polar surface area (TPSA) is 92.0 Å². The smallest absolute Gasteiger partial charge is 0.269 e. The monoisotopic (exact) mass is 433 g/mol. The molecule has 1 aromatic heterocycles. The number of imidazole rings is 1. The number of nitrogens with zero attached hydrogens (tertiary/aromatic N) is 2. The molecule has 0 fully saturated rings. The number of benzene rings is 4. The van der Waals surface area contributed by atoms with Crippen molar-refractivity contribution >= 4 is 5.69 Å². The quantitative estimate of drug-likeness (QED) is 0.238. The summed E-state index contributed by atoms with van der Waals surface area (Å²) in [5.41, 5.74) is 6.50. The molecule has 0 aliphatic heterocycles. The molecule has 6 nitrogen and oxygen atoms in total. The summed E-state index contributed by atoms with van der Waals surface area (Å²) < 4.78 is 0. The molecular weight excluding hydrogens is 414 g/mol. The predicted molar refractivity (Wildman–Crippen MR) is 129 cm³/mol. The molecule has 0 saturated heterocycles. The Hall–Kier alpha value is -4.71. The zero-order valence-corrected chi connectivity index (χ0v) is 17.5. The van der Waals surface area contributed by atoms with Gasteiger partial charge in [0.15, 0.2) is 0 Å². The van der Waals surface area contributed by atoms with Crippen LogP contribution in [0.2, 0.25) is 0 Å². The Bertz CT molecular complexity index is 1410. The van der Waals surface area contributed by atoms with Crippen molar-refractivity contribution in [1.29, 1.82) is 0 Å². The van der Waals surface area contributed by atoms with Crippen LogP contribution in [-0.2, 0) is 0 Å². The lowest BCUT2D eigenvalue weighted by Gasteiger charge is -2.06. The van der Waals surface area contributed by atoms with Crippen LogP contribution in [0.3, 0.4) is 0 Å². The molecule has 5 rings (SSSR count). The maximum absolute atomic E-state index is 10.9. The van der Waals surface area contributed by atoms with Gasteiger partial charge in [0.1, 0.15) is 11.6 Å². The van der Waals surface area contributed by atoms with E-state index in [1.165, 1.54) is 12.1 Å². The fourth-order valence-corrected chi connectivity index (χ4v) is 3.75. The summed E-state index contributed by atoms with van der Waals surface area (Å²) in [6, 6.07) is 31.4. The van der Waals surface area contributed by atoms with Crippen LogP contribution < -0.4 is 0 Å². The second-order valence-corrected chi connectivity index (χ2v) is 7.60. The van der Waals surface area contributed by atoms with E-state index in [2.05, 4.69) is 4.98 Å². The van der Waals surface area contributed by atoms with Crippen LogP contribution in [0.1, 0.15) is 0 Å². The normalized spacial score (nSPS) is 10.8. The van der Waals surface area contributed by atoms with Gasteiger partial charge < -0.3 is 10.1 Å². The van der Waals surface area contributed by atoms with Crippen LogP contribution in [0, 0.1) is 10.1 Å². The van der Waals surface area contributed by atoms with Gasteiger partial charge in [-0.2, -0.15) is 0 Å². The maximum atomic E-state index is 10.9. The number of nitrogens with one attached hydrogen (secondary N) is 1. The van der Waals surface area contributed by atoms with Crippen molar-refractivity contribution in [2.75, 3.05) is 0 Å². The number of hydrogen-bond acceptors (Lipinski definition) is 4. The predicted octanol–water partition coefficient (Wildman–Crippen LogP) is 6.69. The summed E-state index contributed by atoms with van der Waals surface area (Å²) in [5, 5.41) is 20.5. The van der Waals surface area contributed by atoms with Gasteiger partial charge in [0.05, 0.1) is 16.3 Å². The Kier molecular flexibility index (Phi) is 5.16. The van der Waals surface area contributed by atoms with Crippen molar-refractivity contribution in [3.63, 3.8) is 0 Å². The summed E-state index contributed by atoms with van der Waals surface area (Å²) in [7, 11) is 0. The summed E-state index contributed by atoms with van der Waals surface area (Å²) in [6.07, 6.45) is 0. The van der Waals surface area contributed by atoms with Crippen LogP contribution in [0.15, 0.2) is 103 Å². The largest absolute Gasteiger partial charge is 0.508 e. The number of phenols is 1. The number of aromatic amines is 1. The number of nitro benzene ring substituents is 1. The van der Waals surface area contributed by atoms with Gasteiger partial charge in [0.2, 0.25) is 0 Å². The van der Waals surface area contributed by atoms with E-state index in [4.69, 9.17) is 4.98 Å². The first kappa shape index (κ1) is 20.2. The molecule has 33 heavy (non-hydrogen) atoms. The molecule has 2 N–H and O–H groups in total. The minimum atomic E-state index is -0.401. The van der Waals surface area contributed by atoms with Crippen LogP contribution in [0.5, 0.6) is 5.75 Å². The third kappa shape index (κ3) is 4.09. The second kappa shape index (κ2) is 8.43. The highest BCUT2D eigenvalue weighted by atomic mass is 16.6. The average molecular weight is 433 g/mol. The number of aromatic hydroxyl groups is 1. The molecule has 5 aromatic rings. The van der Waals surface area contributed by atoms with E-state index in [-0.39, 0.29) is 11.4 Å². The summed E-state index contributed by atoms with van der Waals surface area (Å²) >= 11 is 0. The van der Waals surface area contributed by atoms with Gasteiger partial charge >= 0.3 is 0 Å². The highest BCUT2D eigenvalue weighted by molar-refractivity contribution is 5.82. The number of rotatable bonds is 5. The number of non-ortho nitro benzene ring substituents is 1. The summed E-state index contributed by atoms with van der Waals surface area (Å²) in [5.74, 6) is 0.916. The van der Waals surface area contributed by atoms with Crippen molar-refractivity contribution in [2.24, 2.45) is 0 Å². The SMILES string of the molecule is O=[N+]([O-])c1ccc(-c2ccc(-c3[nH]c(-c4ccc(O)cc4)nc3-c3ccccc3)cc2)cc1. The average Bonchev–Trinajstić information content (AvgIpc) is 3.31. The first-order valence-corrected chi connectivity index (χ1v) is 10.4. The highest BCUT2D eigenvalue weighted by Gasteiger charge is 2.15. The van der Waals surface area contributed by atoms with Crippen LogP contribution in [-0.4, -0.2) is 20.0 Å². The Morgan fingerprint density at radius 1 is 0.667 bits per heavy atom. The molecule has 160 valence electrons. The number of nitro groups is 1. The first-order valence-electron chi connectivity index (χ1n) is 10.4. The molecule has 0 saturated carbocycles. The van der Waals surface area contributed by atoms with Crippen molar-refractivity contribution in [2.45, 2.75) is 0 Å². The number of aromatic nitrogens is 2. The Balaban J connectivity index is 1.55. The second-order valence-electron chi connectivity index (χ2n) is 7.60. The van der Waals surface area contributed by atoms with Crippen molar-refractivity contribution in [3.05, 3.63) is 113 Å².